The van der Waals surface area contributed by atoms with Crippen LogP contribution < -0.4 is 0 Å². The summed E-state index contributed by atoms with van der Waals surface area (Å²) in [6.07, 6.45) is -6.36. The highest BCUT2D eigenvalue weighted by molar-refractivity contribution is 7.89. The minimum Gasteiger partial charge on any atom is -0.364 e. The second-order valence-electron chi connectivity index (χ2n) is 4.35. The van der Waals surface area contributed by atoms with Gasteiger partial charge in [-0.1, -0.05) is 0 Å². The summed E-state index contributed by atoms with van der Waals surface area (Å²) < 4.78 is 76.1. The number of nitrogens with zero attached hydrogens (tertiary/aromatic N) is 4. The number of aromatic nitrogens is 2. The largest absolute Gasteiger partial charge is 0.364 e. The fourth-order valence-electron chi connectivity index (χ4n) is 1.75. The van der Waals surface area contributed by atoms with Crippen LogP contribution in [-0.2, 0) is 17.1 Å². The molecule has 1 aliphatic rings. The molecule has 1 N–H and O–H groups in total. The molecule has 2 rings (SSSR count). The van der Waals surface area contributed by atoms with Crippen LogP contribution in [0.3, 0.4) is 0 Å². The molecule has 0 fully saturated rings. The number of aliphatic hydroxyl groups is 1. The zero-order valence-corrected chi connectivity index (χ0v) is 11.3. The highest BCUT2D eigenvalue weighted by atomic mass is 32.2. The molecule has 1 atom stereocenters. The van der Waals surface area contributed by atoms with E-state index in [1.165, 1.54) is 7.05 Å². The van der Waals surface area contributed by atoms with Crippen LogP contribution in [0.15, 0.2) is 22.4 Å². The summed E-state index contributed by atoms with van der Waals surface area (Å²) in [6, 6.07) is 0. The molecule has 12 heteroatoms. The number of halogens is 4. The predicted molar refractivity (Wildman–Crippen MR) is 61.2 cm³/mol. The SMILES string of the molecule is Cn1cc(S(=O)(=O)N2N=C(C(F)F)CC2(O)C(F)F)cn1. The van der Waals surface area contributed by atoms with E-state index >= 15 is 0 Å². The summed E-state index contributed by atoms with van der Waals surface area (Å²) in [5, 5.41) is 16.3. The topological polar surface area (TPSA) is 87.8 Å². The lowest BCUT2D eigenvalue weighted by Gasteiger charge is -2.30. The van der Waals surface area contributed by atoms with Crippen molar-refractivity contribution in [2.45, 2.75) is 29.9 Å². The smallest absolute Gasteiger partial charge is 0.288 e. The van der Waals surface area contributed by atoms with Gasteiger partial charge in [0.05, 0.1) is 6.20 Å². The average molecular weight is 330 g/mol. The van der Waals surface area contributed by atoms with Gasteiger partial charge in [0.25, 0.3) is 22.9 Å². The Kier molecular flexibility index (Phi) is 3.70. The van der Waals surface area contributed by atoms with Gasteiger partial charge in [-0.25, -0.2) is 17.6 Å². The van der Waals surface area contributed by atoms with E-state index in [1.807, 2.05) is 0 Å². The molecule has 0 radical (unpaired) electrons. The Morgan fingerprint density at radius 1 is 1.38 bits per heavy atom. The van der Waals surface area contributed by atoms with Crippen LogP contribution in [0.2, 0.25) is 0 Å². The molecule has 1 aromatic heterocycles. The summed E-state index contributed by atoms with van der Waals surface area (Å²) in [4.78, 5) is -0.552. The molecule has 0 spiro atoms. The van der Waals surface area contributed by atoms with Crippen molar-refractivity contribution in [2.24, 2.45) is 12.1 Å². The van der Waals surface area contributed by atoms with Crippen molar-refractivity contribution in [3.8, 4) is 0 Å². The molecule has 2 heterocycles. The molecular formula is C9H10F4N4O3S. The van der Waals surface area contributed by atoms with E-state index in [9.17, 15) is 31.1 Å². The first-order chi connectivity index (χ1) is 9.59. The van der Waals surface area contributed by atoms with Crippen molar-refractivity contribution >= 4 is 15.7 Å². The molecule has 7 nitrogen and oxygen atoms in total. The van der Waals surface area contributed by atoms with E-state index in [0.717, 1.165) is 17.1 Å². The molecule has 0 amide bonds. The van der Waals surface area contributed by atoms with E-state index in [2.05, 4.69) is 10.2 Å². The van der Waals surface area contributed by atoms with Gasteiger partial charge in [-0.05, 0) is 0 Å². The van der Waals surface area contributed by atoms with Gasteiger partial charge in [0, 0.05) is 19.7 Å². The highest BCUT2D eigenvalue weighted by Gasteiger charge is 2.55. The van der Waals surface area contributed by atoms with Gasteiger partial charge in [0.2, 0.25) is 5.72 Å². The Bertz CT molecular complexity index is 674. The first kappa shape index (κ1) is 15.7. The van der Waals surface area contributed by atoms with Gasteiger partial charge in [0.15, 0.2) is 0 Å². The minimum atomic E-state index is -4.74. The van der Waals surface area contributed by atoms with Crippen LogP contribution >= 0.6 is 0 Å². The Balaban J connectivity index is 2.52. The second kappa shape index (κ2) is 4.94. The molecule has 1 unspecified atom stereocenters. The summed E-state index contributed by atoms with van der Waals surface area (Å²) in [5.74, 6) is 0. The van der Waals surface area contributed by atoms with Crippen LogP contribution in [0.25, 0.3) is 0 Å². The number of hydrogen-bond acceptors (Lipinski definition) is 5. The monoisotopic (exact) mass is 330 g/mol. The third-order valence-corrected chi connectivity index (χ3v) is 4.46. The molecule has 1 aromatic rings. The quantitative estimate of drug-likeness (QED) is 0.809. The maximum atomic E-state index is 13.0. The van der Waals surface area contributed by atoms with Crippen molar-refractivity contribution in [3.63, 3.8) is 0 Å². The van der Waals surface area contributed by atoms with E-state index in [4.69, 9.17) is 0 Å². The Morgan fingerprint density at radius 2 is 2.00 bits per heavy atom. The second-order valence-corrected chi connectivity index (χ2v) is 6.11. The van der Waals surface area contributed by atoms with Crippen molar-refractivity contribution in [1.82, 2.24) is 14.2 Å². The molecule has 118 valence electrons. The normalized spacial score (nSPS) is 23.2. The maximum Gasteiger partial charge on any atom is 0.288 e. The van der Waals surface area contributed by atoms with E-state index in [0.29, 0.717) is 0 Å². The van der Waals surface area contributed by atoms with Gasteiger partial charge >= 0.3 is 0 Å². The first-order valence-corrected chi connectivity index (χ1v) is 6.93. The van der Waals surface area contributed by atoms with Crippen molar-refractivity contribution < 1.29 is 31.1 Å². The third-order valence-electron chi connectivity index (χ3n) is 2.80. The molecular weight excluding hydrogens is 320 g/mol. The highest BCUT2D eigenvalue weighted by Crippen LogP contribution is 2.37. The zero-order valence-electron chi connectivity index (χ0n) is 10.5. The fraction of sp³-hybridized carbons (Fsp3) is 0.556. The first-order valence-electron chi connectivity index (χ1n) is 5.49. The lowest BCUT2D eigenvalue weighted by molar-refractivity contribution is -0.150. The van der Waals surface area contributed by atoms with Crippen molar-refractivity contribution in [2.75, 3.05) is 0 Å². The van der Waals surface area contributed by atoms with Crippen LogP contribution in [0, 0.1) is 0 Å². The molecule has 0 saturated carbocycles. The van der Waals surface area contributed by atoms with Gasteiger partial charge in [-0.3, -0.25) is 4.68 Å². The number of rotatable bonds is 4. The lowest BCUT2D eigenvalue weighted by atomic mass is 10.1. The zero-order chi connectivity index (χ0) is 16.0. The van der Waals surface area contributed by atoms with Gasteiger partial charge in [0.1, 0.15) is 10.6 Å². The molecule has 1 aliphatic heterocycles. The summed E-state index contributed by atoms with van der Waals surface area (Å²) >= 11 is 0. The summed E-state index contributed by atoms with van der Waals surface area (Å²) in [6.45, 7) is 0. The van der Waals surface area contributed by atoms with Gasteiger partial charge < -0.3 is 5.11 Å². The maximum absolute atomic E-state index is 13.0. The number of hydrazone groups is 1. The molecule has 0 aliphatic carbocycles. The van der Waals surface area contributed by atoms with E-state index < -0.39 is 45.6 Å². The summed E-state index contributed by atoms with van der Waals surface area (Å²) in [7, 11) is -3.37. The molecule has 0 saturated heterocycles. The molecule has 0 aromatic carbocycles. The summed E-state index contributed by atoms with van der Waals surface area (Å²) in [5.41, 5.74) is -4.48. The fourth-order valence-corrected chi connectivity index (χ4v) is 3.19. The van der Waals surface area contributed by atoms with Crippen molar-refractivity contribution in [1.29, 1.82) is 0 Å². The molecule has 0 bridgehead atoms. The predicted octanol–water partition coefficient (Wildman–Crippen LogP) is 0.389. The van der Waals surface area contributed by atoms with Gasteiger partial charge in [-0.15, -0.1) is 4.41 Å². The number of aryl methyl sites for hydroxylation is 1. The average Bonchev–Trinajstić information content (AvgIpc) is 2.94. The number of alkyl halides is 4. The minimum absolute atomic E-state index is 0.372. The van der Waals surface area contributed by atoms with Crippen LogP contribution in [-0.4, -0.2) is 52.0 Å². The van der Waals surface area contributed by atoms with Crippen LogP contribution in [0.1, 0.15) is 6.42 Å². The Hall–Kier alpha value is -1.69. The Morgan fingerprint density at radius 3 is 2.43 bits per heavy atom. The van der Waals surface area contributed by atoms with Crippen LogP contribution in [0.5, 0.6) is 0 Å². The van der Waals surface area contributed by atoms with Gasteiger partial charge in [-0.2, -0.15) is 18.6 Å². The standard InChI is InChI=1S/C9H10F4N4O3S/c1-16-4-5(3-14-16)21(19,20)17-9(18,8(12)13)2-6(15-17)7(10)11/h3-4,7-8,18H,2H2,1H3. The van der Waals surface area contributed by atoms with Crippen molar-refractivity contribution in [3.05, 3.63) is 12.4 Å². The lowest BCUT2D eigenvalue weighted by Crippen LogP contribution is -2.51. The third kappa shape index (κ3) is 2.48. The number of hydrogen-bond donors (Lipinski definition) is 1. The van der Waals surface area contributed by atoms with Crippen LogP contribution in [0.4, 0.5) is 17.6 Å². The van der Waals surface area contributed by atoms with E-state index in [1.54, 1.807) is 0 Å². The Labute approximate surface area is 116 Å². The van der Waals surface area contributed by atoms with E-state index in [-0.39, 0.29) is 4.41 Å². The molecule has 21 heavy (non-hydrogen) atoms. The number of sulfonamides is 1.